The Kier molecular flexibility index (Phi) is 8.35. The van der Waals surface area contributed by atoms with Crippen LogP contribution in [0.3, 0.4) is 0 Å². The van der Waals surface area contributed by atoms with E-state index in [0.717, 1.165) is 25.2 Å². The number of urea groups is 1. The molecule has 0 saturated carbocycles. The minimum absolute atomic E-state index is 0.0689. The fraction of sp³-hybridized carbons (Fsp3) is 0.500. The molecule has 116 valence electrons. The van der Waals surface area contributed by atoms with Crippen molar-refractivity contribution in [3.63, 3.8) is 0 Å². The Bertz CT molecular complexity index is 425. The molecule has 0 atom stereocenters. The van der Waals surface area contributed by atoms with Crippen molar-refractivity contribution in [2.75, 3.05) is 25.0 Å². The van der Waals surface area contributed by atoms with Crippen molar-refractivity contribution in [2.24, 2.45) is 0 Å². The Labute approximate surface area is 124 Å². The zero-order chi connectivity index (χ0) is 15.3. The van der Waals surface area contributed by atoms with Gasteiger partial charge in [-0.1, -0.05) is 6.07 Å². The third-order valence-electron chi connectivity index (χ3n) is 2.71. The molecule has 0 bridgehead atoms. The van der Waals surface area contributed by atoms with Gasteiger partial charge in [0.2, 0.25) is 0 Å². The van der Waals surface area contributed by atoms with Crippen molar-refractivity contribution in [3.05, 3.63) is 24.4 Å². The summed E-state index contributed by atoms with van der Waals surface area (Å²) in [5.41, 5.74) is 0. The van der Waals surface area contributed by atoms with Crippen molar-refractivity contribution >= 4 is 17.8 Å². The van der Waals surface area contributed by atoms with E-state index >= 15 is 0 Å². The zero-order valence-corrected chi connectivity index (χ0v) is 12.0. The number of aromatic nitrogens is 1. The number of carboxylic acids is 1. The minimum Gasteiger partial charge on any atom is -0.481 e. The Morgan fingerprint density at radius 1 is 1.05 bits per heavy atom. The Morgan fingerprint density at radius 2 is 1.76 bits per heavy atom. The average Bonchev–Trinajstić information content (AvgIpc) is 2.48. The number of nitrogens with zero attached hydrogens (tertiary/aromatic N) is 1. The molecule has 7 nitrogen and oxygen atoms in total. The van der Waals surface area contributed by atoms with Gasteiger partial charge in [0.05, 0.1) is 0 Å². The number of carbonyl (C=O) groups excluding carboxylic acids is 1. The first kappa shape index (κ1) is 16.7. The third-order valence-corrected chi connectivity index (χ3v) is 2.71. The van der Waals surface area contributed by atoms with E-state index < -0.39 is 5.97 Å². The number of anilines is 1. The lowest BCUT2D eigenvalue weighted by molar-refractivity contribution is -0.137. The van der Waals surface area contributed by atoms with Gasteiger partial charge in [0.1, 0.15) is 5.82 Å². The van der Waals surface area contributed by atoms with Gasteiger partial charge in [-0.3, -0.25) is 4.79 Å². The lowest BCUT2D eigenvalue weighted by Crippen LogP contribution is -2.36. The molecular formula is C14H22N4O3. The van der Waals surface area contributed by atoms with Crippen molar-refractivity contribution in [2.45, 2.75) is 25.7 Å². The quantitative estimate of drug-likeness (QED) is 0.489. The van der Waals surface area contributed by atoms with E-state index in [-0.39, 0.29) is 12.5 Å². The number of hydrogen-bond acceptors (Lipinski definition) is 4. The highest BCUT2D eigenvalue weighted by Gasteiger charge is 2.00. The van der Waals surface area contributed by atoms with E-state index in [1.165, 1.54) is 0 Å². The van der Waals surface area contributed by atoms with Crippen LogP contribution in [0.25, 0.3) is 0 Å². The monoisotopic (exact) mass is 294 g/mol. The maximum absolute atomic E-state index is 11.3. The van der Waals surface area contributed by atoms with Gasteiger partial charge < -0.3 is 21.1 Å². The van der Waals surface area contributed by atoms with Gasteiger partial charge in [-0.05, 0) is 31.4 Å². The number of aliphatic carboxylic acids is 1. The van der Waals surface area contributed by atoms with E-state index in [1.54, 1.807) is 6.20 Å². The van der Waals surface area contributed by atoms with Crippen LogP contribution in [0.1, 0.15) is 25.7 Å². The first-order valence-corrected chi connectivity index (χ1v) is 7.07. The molecule has 0 aliphatic heterocycles. The molecule has 0 saturated heterocycles. The topological polar surface area (TPSA) is 103 Å². The smallest absolute Gasteiger partial charge is 0.314 e. The third kappa shape index (κ3) is 9.26. The SMILES string of the molecule is O=C(O)CCCNC(=O)NCCCCNc1ccccn1. The van der Waals surface area contributed by atoms with Crippen molar-refractivity contribution < 1.29 is 14.7 Å². The van der Waals surface area contributed by atoms with Gasteiger partial charge in [-0.15, -0.1) is 0 Å². The highest BCUT2D eigenvalue weighted by atomic mass is 16.4. The molecule has 0 aliphatic rings. The van der Waals surface area contributed by atoms with Gasteiger partial charge >= 0.3 is 12.0 Å². The standard InChI is InChI=1S/C14H22N4O3/c19-13(20)7-5-11-18-14(21)17-10-4-3-9-16-12-6-1-2-8-15-12/h1-2,6,8H,3-5,7,9-11H2,(H,15,16)(H,19,20)(H2,17,18,21). The fourth-order valence-corrected chi connectivity index (χ4v) is 1.64. The Balaban J connectivity index is 1.91. The van der Waals surface area contributed by atoms with Crippen LogP contribution in [-0.2, 0) is 4.79 Å². The molecule has 1 heterocycles. The minimum atomic E-state index is -0.849. The summed E-state index contributed by atoms with van der Waals surface area (Å²) >= 11 is 0. The Hall–Kier alpha value is -2.31. The number of carbonyl (C=O) groups is 2. The van der Waals surface area contributed by atoms with E-state index in [0.29, 0.717) is 19.5 Å². The maximum atomic E-state index is 11.3. The summed E-state index contributed by atoms with van der Waals surface area (Å²) in [6.07, 6.45) is 4.03. The number of carboxylic acid groups (broad SMARTS) is 1. The largest absolute Gasteiger partial charge is 0.481 e. The summed E-state index contributed by atoms with van der Waals surface area (Å²) in [6, 6.07) is 5.44. The molecule has 1 aromatic heterocycles. The fourth-order valence-electron chi connectivity index (χ4n) is 1.64. The highest BCUT2D eigenvalue weighted by molar-refractivity contribution is 5.73. The van der Waals surface area contributed by atoms with Crippen LogP contribution in [0.2, 0.25) is 0 Å². The lowest BCUT2D eigenvalue weighted by atomic mass is 10.3. The molecule has 21 heavy (non-hydrogen) atoms. The van der Waals surface area contributed by atoms with Crippen molar-refractivity contribution in [1.82, 2.24) is 15.6 Å². The molecule has 0 radical (unpaired) electrons. The van der Waals surface area contributed by atoms with Crippen LogP contribution in [0.15, 0.2) is 24.4 Å². The molecule has 0 unspecified atom stereocenters. The van der Waals surface area contributed by atoms with E-state index in [1.807, 2.05) is 18.2 Å². The van der Waals surface area contributed by atoms with Crippen LogP contribution < -0.4 is 16.0 Å². The number of amides is 2. The number of pyridine rings is 1. The second-order valence-electron chi connectivity index (χ2n) is 4.53. The molecule has 0 fully saturated rings. The average molecular weight is 294 g/mol. The van der Waals surface area contributed by atoms with Crippen LogP contribution in [-0.4, -0.2) is 41.7 Å². The number of rotatable bonds is 10. The molecule has 0 aromatic carbocycles. The number of hydrogen-bond donors (Lipinski definition) is 4. The summed E-state index contributed by atoms with van der Waals surface area (Å²) in [7, 11) is 0. The summed E-state index contributed by atoms with van der Waals surface area (Å²) < 4.78 is 0. The second kappa shape index (κ2) is 10.5. The van der Waals surface area contributed by atoms with Crippen LogP contribution in [0, 0.1) is 0 Å². The summed E-state index contributed by atoms with van der Waals surface area (Å²) in [5.74, 6) is -0.000697. The van der Waals surface area contributed by atoms with E-state index in [9.17, 15) is 9.59 Å². The molecular weight excluding hydrogens is 272 g/mol. The lowest BCUT2D eigenvalue weighted by Gasteiger charge is -2.07. The normalized spacial score (nSPS) is 9.90. The van der Waals surface area contributed by atoms with Gasteiger partial charge in [0, 0.05) is 32.3 Å². The number of unbranched alkanes of at least 4 members (excludes halogenated alkanes) is 1. The van der Waals surface area contributed by atoms with Crippen LogP contribution in [0.5, 0.6) is 0 Å². The predicted molar refractivity (Wildman–Crippen MR) is 80.2 cm³/mol. The first-order chi connectivity index (χ1) is 10.2. The first-order valence-electron chi connectivity index (χ1n) is 7.07. The highest BCUT2D eigenvalue weighted by Crippen LogP contribution is 1.99. The predicted octanol–water partition coefficient (Wildman–Crippen LogP) is 1.44. The zero-order valence-electron chi connectivity index (χ0n) is 12.0. The second-order valence-corrected chi connectivity index (χ2v) is 4.53. The summed E-state index contributed by atoms with van der Waals surface area (Å²) in [5, 5.41) is 17.0. The van der Waals surface area contributed by atoms with Gasteiger partial charge in [-0.25, -0.2) is 9.78 Å². The van der Waals surface area contributed by atoms with E-state index in [2.05, 4.69) is 20.9 Å². The summed E-state index contributed by atoms with van der Waals surface area (Å²) in [6.45, 7) is 1.77. The van der Waals surface area contributed by atoms with Gasteiger partial charge in [0.15, 0.2) is 0 Å². The molecule has 0 aliphatic carbocycles. The number of nitrogens with one attached hydrogen (secondary N) is 3. The maximum Gasteiger partial charge on any atom is 0.314 e. The molecule has 4 N–H and O–H groups in total. The molecule has 1 aromatic rings. The van der Waals surface area contributed by atoms with Crippen LogP contribution >= 0.6 is 0 Å². The van der Waals surface area contributed by atoms with E-state index in [4.69, 9.17) is 5.11 Å². The van der Waals surface area contributed by atoms with Gasteiger partial charge in [0.25, 0.3) is 0 Å². The molecule has 2 amide bonds. The Morgan fingerprint density at radius 3 is 2.43 bits per heavy atom. The molecule has 0 spiro atoms. The van der Waals surface area contributed by atoms with Crippen molar-refractivity contribution in [1.29, 1.82) is 0 Å². The molecule has 1 rings (SSSR count). The van der Waals surface area contributed by atoms with Crippen molar-refractivity contribution in [3.8, 4) is 0 Å². The molecule has 7 heteroatoms. The van der Waals surface area contributed by atoms with Crippen LogP contribution in [0.4, 0.5) is 10.6 Å². The van der Waals surface area contributed by atoms with Gasteiger partial charge in [-0.2, -0.15) is 0 Å². The summed E-state index contributed by atoms with van der Waals surface area (Å²) in [4.78, 5) is 25.8.